The lowest BCUT2D eigenvalue weighted by molar-refractivity contribution is 0.949. The van der Waals surface area contributed by atoms with E-state index in [-0.39, 0.29) is 0 Å². The molecule has 1 heterocycles. The van der Waals surface area contributed by atoms with Gasteiger partial charge in [-0.05, 0) is 37.5 Å². The molecule has 0 spiro atoms. The molecular formula is C12H14N2. The van der Waals surface area contributed by atoms with Crippen molar-refractivity contribution < 1.29 is 0 Å². The highest BCUT2D eigenvalue weighted by molar-refractivity contribution is 5.57. The van der Waals surface area contributed by atoms with Crippen LogP contribution >= 0.6 is 0 Å². The van der Waals surface area contributed by atoms with Crippen LogP contribution in [0.1, 0.15) is 24.0 Å². The van der Waals surface area contributed by atoms with Gasteiger partial charge in [-0.1, -0.05) is 6.07 Å². The summed E-state index contributed by atoms with van der Waals surface area (Å²) in [7, 11) is 0. The summed E-state index contributed by atoms with van der Waals surface area (Å²) in [6, 6.07) is 8.11. The average Bonchev–Trinajstić information content (AvgIpc) is 2.71. The Morgan fingerprint density at radius 1 is 1.29 bits per heavy atom. The fourth-order valence-corrected chi connectivity index (χ4v) is 1.98. The van der Waals surface area contributed by atoms with E-state index >= 15 is 0 Å². The van der Waals surface area contributed by atoms with Gasteiger partial charge in [-0.3, -0.25) is 0 Å². The Balaban J connectivity index is 2.35. The Kier molecular flexibility index (Phi) is 2.41. The highest BCUT2D eigenvalue weighted by atomic mass is 15.1. The summed E-state index contributed by atoms with van der Waals surface area (Å²) in [5.41, 5.74) is 3.27. The van der Waals surface area contributed by atoms with Crippen LogP contribution in [0.2, 0.25) is 0 Å². The van der Waals surface area contributed by atoms with Crippen LogP contribution in [0.3, 0.4) is 0 Å². The summed E-state index contributed by atoms with van der Waals surface area (Å²) >= 11 is 0. The standard InChI is InChI=1S/C12H14N2/c1-10-4-5-11(9-13)8-12(10)14-6-2-3-7-14/h4-5,8H,2-3,6-7H2,1H3. The molecule has 0 bridgehead atoms. The zero-order valence-electron chi connectivity index (χ0n) is 8.45. The molecular weight excluding hydrogens is 172 g/mol. The summed E-state index contributed by atoms with van der Waals surface area (Å²) in [6.07, 6.45) is 2.55. The fraction of sp³-hybridized carbons (Fsp3) is 0.417. The largest absolute Gasteiger partial charge is 0.371 e. The van der Waals surface area contributed by atoms with Crippen molar-refractivity contribution in [2.24, 2.45) is 0 Å². The molecule has 1 aromatic rings. The van der Waals surface area contributed by atoms with Crippen molar-refractivity contribution in [1.82, 2.24) is 0 Å². The molecule has 0 aliphatic carbocycles. The van der Waals surface area contributed by atoms with Gasteiger partial charge < -0.3 is 4.90 Å². The predicted octanol–water partition coefficient (Wildman–Crippen LogP) is 2.47. The summed E-state index contributed by atoms with van der Waals surface area (Å²) < 4.78 is 0. The number of nitrogens with zero attached hydrogens (tertiary/aromatic N) is 2. The monoisotopic (exact) mass is 186 g/mol. The summed E-state index contributed by atoms with van der Waals surface area (Å²) in [5, 5.41) is 8.83. The lowest BCUT2D eigenvalue weighted by atomic mass is 10.1. The first-order valence-electron chi connectivity index (χ1n) is 5.07. The van der Waals surface area contributed by atoms with Crippen molar-refractivity contribution in [3.05, 3.63) is 29.3 Å². The van der Waals surface area contributed by atoms with Gasteiger partial charge in [0.15, 0.2) is 0 Å². The summed E-state index contributed by atoms with van der Waals surface area (Å²) in [5.74, 6) is 0. The quantitative estimate of drug-likeness (QED) is 0.673. The first kappa shape index (κ1) is 9.08. The third-order valence-electron chi connectivity index (χ3n) is 2.78. The number of hydrogen-bond donors (Lipinski definition) is 0. The smallest absolute Gasteiger partial charge is 0.0992 e. The Hall–Kier alpha value is -1.49. The van der Waals surface area contributed by atoms with Crippen LogP contribution < -0.4 is 4.90 Å². The van der Waals surface area contributed by atoms with Gasteiger partial charge in [-0.15, -0.1) is 0 Å². The molecule has 2 rings (SSSR count). The lowest BCUT2D eigenvalue weighted by Gasteiger charge is -2.20. The maximum atomic E-state index is 8.83. The van der Waals surface area contributed by atoms with Crippen molar-refractivity contribution in [2.75, 3.05) is 18.0 Å². The first-order valence-corrected chi connectivity index (χ1v) is 5.07. The lowest BCUT2D eigenvalue weighted by Crippen LogP contribution is -2.18. The molecule has 1 aliphatic rings. The van der Waals surface area contributed by atoms with Gasteiger partial charge in [0.05, 0.1) is 11.6 Å². The van der Waals surface area contributed by atoms with E-state index in [1.807, 2.05) is 18.2 Å². The van der Waals surface area contributed by atoms with Crippen LogP contribution in [-0.4, -0.2) is 13.1 Å². The van der Waals surface area contributed by atoms with Gasteiger partial charge in [0, 0.05) is 18.8 Å². The van der Waals surface area contributed by atoms with E-state index in [9.17, 15) is 0 Å². The second-order valence-electron chi connectivity index (χ2n) is 3.81. The number of aryl methyl sites for hydroxylation is 1. The normalized spacial score (nSPS) is 15.6. The van der Waals surface area contributed by atoms with Crippen molar-refractivity contribution in [3.63, 3.8) is 0 Å². The molecule has 72 valence electrons. The number of hydrogen-bond acceptors (Lipinski definition) is 2. The van der Waals surface area contributed by atoms with Crippen molar-refractivity contribution in [1.29, 1.82) is 5.26 Å². The average molecular weight is 186 g/mol. The highest BCUT2D eigenvalue weighted by Crippen LogP contribution is 2.24. The van der Waals surface area contributed by atoms with E-state index in [4.69, 9.17) is 5.26 Å². The van der Waals surface area contributed by atoms with E-state index in [0.717, 1.165) is 18.7 Å². The first-order chi connectivity index (χ1) is 6.81. The number of nitriles is 1. The maximum Gasteiger partial charge on any atom is 0.0992 e. The molecule has 0 radical (unpaired) electrons. The van der Waals surface area contributed by atoms with Gasteiger partial charge in [0.2, 0.25) is 0 Å². The third kappa shape index (κ3) is 1.58. The number of rotatable bonds is 1. The van der Waals surface area contributed by atoms with Crippen molar-refractivity contribution in [3.8, 4) is 6.07 Å². The third-order valence-corrected chi connectivity index (χ3v) is 2.78. The summed E-state index contributed by atoms with van der Waals surface area (Å²) in [4.78, 5) is 2.37. The Labute approximate surface area is 84.8 Å². The van der Waals surface area contributed by atoms with Crippen LogP contribution in [0.4, 0.5) is 5.69 Å². The molecule has 0 atom stereocenters. The van der Waals surface area contributed by atoms with Gasteiger partial charge >= 0.3 is 0 Å². The van der Waals surface area contributed by atoms with E-state index in [1.54, 1.807) is 0 Å². The van der Waals surface area contributed by atoms with Gasteiger partial charge in [-0.25, -0.2) is 0 Å². The fourth-order valence-electron chi connectivity index (χ4n) is 1.98. The van der Waals surface area contributed by atoms with E-state index < -0.39 is 0 Å². The van der Waals surface area contributed by atoms with Gasteiger partial charge in [0.1, 0.15) is 0 Å². The molecule has 2 heteroatoms. The molecule has 1 saturated heterocycles. The van der Waals surface area contributed by atoms with Gasteiger partial charge in [-0.2, -0.15) is 5.26 Å². The predicted molar refractivity (Wildman–Crippen MR) is 57.3 cm³/mol. The second-order valence-corrected chi connectivity index (χ2v) is 3.81. The second kappa shape index (κ2) is 3.71. The molecule has 0 amide bonds. The van der Waals surface area contributed by atoms with Crippen LogP contribution in [0.5, 0.6) is 0 Å². The SMILES string of the molecule is Cc1ccc(C#N)cc1N1CCCC1. The minimum absolute atomic E-state index is 0.762. The van der Waals surface area contributed by atoms with Crippen LogP contribution in [0.15, 0.2) is 18.2 Å². The molecule has 1 fully saturated rings. The molecule has 1 aliphatic heterocycles. The van der Waals surface area contributed by atoms with Crippen LogP contribution in [0.25, 0.3) is 0 Å². The number of benzene rings is 1. The molecule has 2 nitrogen and oxygen atoms in total. The van der Waals surface area contributed by atoms with Gasteiger partial charge in [0.25, 0.3) is 0 Å². The Morgan fingerprint density at radius 2 is 2.00 bits per heavy atom. The van der Waals surface area contributed by atoms with E-state index in [2.05, 4.69) is 17.9 Å². The topological polar surface area (TPSA) is 27.0 Å². The maximum absolute atomic E-state index is 8.83. The zero-order chi connectivity index (χ0) is 9.97. The van der Waals surface area contributed by atoms with Crippen LogP contribution in [-0.2, 0) is 0 Å². The molecule has 1 aromatic carbocycles. The molecule has 0 unspecified atom stereocenters. The van der Waals surface area contributed by atoms with Crippen LogP contribution in [0, 0.1) is 18.3 Å². The van der Waals surface area contributed by atoms with E-state index in [1.165, 1.54) is 24.1 Å². The Bertz CT molecular complexity index is 370. The van der Waals surface area contributed by atoms with Crippen molar-refractivity contribution >= 4 is 5.69 Å². The molecule has 0 aromatic heterocycles. The van der Waals surface area contributed by atoms with E-state index in [0.29, 0.717) is 0 Å². The minimum Gasteiger partial charge on any atom is -0.371 e. The molecule has 0 N–H and O–H groups in total. The highest BCUT2D eigenvalue weighted by Gasteiger charge is 2.14. The Morgan fingerprint density at radius 3 is 2.64 bits per heavy atom. The zero-order valence-corrected chi connectivity index (χ0v) is 8.45. The molecule has 0 saturated carbocycles. The minimum atomic E-state index is 0.762. The summed E-state index contributed by atoms with van der Waals surface area (Å²) in [6.45, 7) is 4.38. The van der Waals surface area contributed by atoms with Crippen molar-refractivity contribution in [2.45, 2.75) is 19.8 Å². The molecule has 14 heavy (non-hydrogen) atoms. The number of anilines is 1.